The summed E-state index contributed by atoms with van der Waals surface area (Å²) in [5.41, 5.74) is 3.38. The number of hydrogen-bond donors (Lipinski definition) is 1. The first-order valence-corrected chi connectivity index (χ1v) is 7.81. The third-order valence-corrected chi connectivity index (χ3v) is 4.54. The van der Waals surface area contributed by atoms with E-state index in [1.807, 2.05) is 23.7 Å². The minimum Gasteiger partial charge on any atom is -0.380 e. The van der Waals surface area contributed by atoms with E-state index in [1.165, 1.54) is 5.56 Å². The molecule has 0 aliphatic heterocycles. The molecule has 0 amide bonds. The molecule has 0 fully saturated rings. The molecular formula is C14H13BrN4S. The Morgan fingerprint density at radius 1 is 1.35 bits per heavy atom. The molecule has 0 bridgehead atoms. The topological polar surface area (TPSA) is 42.7 Å². The number of hydrogen-bond acceptors (Lipinski definition) is 4. The summed E-state index contributed by atoms with van der Waals surface area (Å²) < 4.78 is 3.07. The van der Waals surface area contributed by atoms with Gasteiger partial charge in [0.1, 0.15) is 6.33 Å². The zero-order valence-corrected chi connectivity index (χ0v) is 13.3. The number of rotatable bonds is 4. The minimum atomic E-state index is 0.789. The lowest BCUT2D eigenvalue weighted by atomic mass is 10.1. The number of aryl methyl sites for hydroxylation is 1. The lowest BCUT2D eigenvalue weighted by Gasteiger charge is -2.10. The van der Waals surface area contributed by atoms with E-state index in [0.717, 1.165) is 27.4 Å². The van der Waals surface area contributed by atoms with Crippen LogP contribution in [0.5, 0.6) is 0 Å². The third kappa shape index (κ3) is 2.76. The fourth-order valence-corrected chi connectivity index (χ4v) is 3.20. The van der Waals surface area contributed by atoms with Crippen molar-refractivity contribution in [3.63, 3.8) is 0 Å². The third-order valence-electron chi connectivity index (χ3n) is 2.98. The molecule has 6 heteroatoms. The van der Waals surface area contributed by atoms with Gasteiger partial charge >= 0.3 is 0 Å². The summed E-state index contributed by atoms with van der Waals surface area (Å²) in [6, 6.07) is 10.3. The maximum Gasteiger partial charge on any atom is 0.165 e. The minimum absolute atomic E-state index is 0.789. The predicted molar refractivity (Wildman–Crippen MR) is 85.8 cm³/mol. The maximum absolute atomic E-state index is 4.17. The van der Waals surface area contributed by atoms with Gasteiger partial charge in [0, 0.05) is 24.8 Å². The molecule has 0 unspecified atom stereocenters. The van der Waals surface area contributed by atoms with Crippen LogP contribution in [0.4, 0.5) is 5.69 Å². The second-order valence-corrected chi connectivity index (χ2v) is 6.71. The summed E-state index contributed by atoms with van der Waals surface area (Å²) in [7, 11) is 1.95. The first-order chi connectivity index (χ1) is 9.74. The van der Waals surface area contributed by atoms with E-state index in [1.54, 1.807) is 17.7 Å². The number of anilines is 1. The number of nitrogens with zero attached hydrogens (tertiary/aromatic N) is 3. The molecule has 0 saturated heterocycles. The van der Waals surface area contributed by atoms with Crippen LogP contribution in [0.3, 0.4) is 0 Å². The SMILES string of the molecule is Cn1cnnc1-c1ccccc1NCc1csc(Br)c1. The van der Waals surface area contributed by atoms with Crippen molar-refractivity contribution in [1.82, 2.24) is 14.8 Å². The first kappa shape index (κ1) is 13.3. The number of thiophene rings is 1. The highest BCUT2D eigenvalue weighted by atomic mass is 79.9. The number of para-hydroxylation sites is 1. The molecule has 0 radical (unpaired) electrons. The van der Waals surface area contributed by atoms with Crippen molar-refractivity contribution in [2.24, 2.45) is 7.05 Å². The van der Waals surface area contributed by atoms with Crippen LogP contribution in [-0.2, 0) is 13.6 Å². The smallest absolute Gasteiger partial charge is 0.165 e. The van der Waals surface area contributed by atoms with Gasteiger partial charge < -0.3 is 9.88 Å². The second kappa shape index (κ2) is 5.76. The van der Waals surface area contributed by atoms with Gasteiger partial charge in [-0.2, -0.15) is 0 Å². The molecule has 0 spiro atoms. The van der Waals surface area contributed by atoms with Gasteiger partial charge in [-0.1, -0.05) is 12.1 Å². The molecule has 20 heavy (non-hydrogen) atoms. The van der Waals surface area contributed by atoms with E-state index in [4.69, 9.17) is 0 Å². The zero-order valence-electron chi connectivity index (χ0n) is 10.9. The Hall–Kier alpha value is -1.66. The predicted octanol–water partition coefficient (Wildman–Crippen LogP) is 3.92. The van der Waals surface area contributed by atoms with Crippen molar-refractivity contribution < 1.29 is 0 Å². The quantitative estimate of drug-likeness (QED) is 0.776. The summed E-state index contributed by atoms with van der Waals surface area (Å²) in [5.74, 6) is 0.861. The molecule has 3 aromatic rings. The van der Waals surface area contributed by atoms with Crippen molar-refractivity contribution in [1.29, 1.82) is 0 Å². The van der Waals surface area contributed by atoms with Gasteiger partial charge in [-0.15, -0.1) is 21.5 Å². The van der Waals surface area contributed by atoms with Gasteiger partial charge in [0.05, 0.1) is 3.79 Å². The molecule has 2 aromatic heterocycles. The number of nitrogens with one attached hydrogen (secondary N) is 1. The van der Waals surface area contributed by atoms with Gasteiger partial charge in [0.2, 0.25) is 0 Å². The normalized spacial score (nSPS) is 10.7. The monoisotopic (exact) mass is 348 g/mol. The number of aromatic nitrogens is 3. The Kier molecular flexibility index (Phi) is 3.84. The Bertz CT molecular complexity index is 719. The average molecular weight is 349 g/mol. The highest BCUT2D eigenvalue weighted by Crippen LogP contribution is 2.27. The lowest BCUT2D eigenvalue weighted by Crippen LogP contribution is -2.01. The molecule has 2 heterocycles. The van der Waals surface area contributed by atoms with E-state index in [9.17, 15) is 0 Å². The molecule has 1 aromatic carbocycles. The van der Waals surface area contributed by atoms with Crippen LogP contribution in [0.25, 0.3) is 11.4 Å². The number of halogens is 1. The van der Waals surface area contributed by atoms with Crippen LogP contribution < -0.4 is 5.32 Å². The van der Waals surface area contributed by atoms with Crippen molar-refractivity contribution >= 4 is 33.0 Å². The van der Waals surface area contributed by atoms with Gasteiger partial charge in [0.15, 0.2) is 5.82 Å². The van der Waals surface area contributed by atoms with Crippen molar-refractivity contribution in [2.45, 2.75) is 6.54 Å². The number of benzene rings is 1. The summed E-state index contributed by atoms with van der Waals surface area (Å²) in [4.78, 5) is 0. The second-order valence-electron chi connectivity index (χ2n) is 4.42. The summed E-state index contributed by atoms with van der Waals surface area (Å²) in [6.45, 7) is 0.789. The van der Waals surface area contributed by atoms with Crippen LogP contribution in [0.15, 0.2) is 45.8 Å². The Morgan fingerprint density at radius 3 is 2.90 bits per heavy atom. The van der Waals surface area contributed by atoms with Gasteiger partial charge in [0.25, 0.3) is 0 Å². The van der Waals surface area contributed by atoms with Crippen LogP contribution >= 0.6 is 27.3 Å². The highest BCUT2D eigenvalue weighted by Gasteiger charge is 2.09. The summed E-state index contributed by atoms with van der Waals surface area (Å²) in [5, 5.41) is 13.7. The van der Waals surface area contributed by atoms with E-state index in [-0.39, 0.29) is 0 Å². The summed E-state index contributed by atoms with van der Waals surface area (Å²) >= 11 is 5.18. The van der Waals surface area contributed by atoms with E-state index >= 15 is 0 Å². The van der Waals surface area contributed by atoms with Gasteiger partial charge in [-0.25, -0.2) is 0 Å². The largest absolute Gasteiger partial charge is 0.380 e. The first-order valence-electron chi connectivity index (χ1n) is 6.14. The van der Waals surface area contributed by atoms with E-state index in [2.05, 4.69) is 55.0 Å². The molecule has 0 saturated carbocycles. The molecule has 102 valence electrons. The average Bonchev–Trinajstić information content (AvgIpc) is 3.05. The zero-order chi connectivity index (χ0) is 13.9. The Morgan fingerprint density at radius 2 is 2.20 bits per heavy atom. The summed E-state index contributed by atoms with van der Waals surface area (Å²) in [6.07, 6.45) is 1.71. The molecule has 0 aliphatic rings. The molecule has 1 N–H and O–H groups in total. The highest BCUT2D eigenvalue weighted by molar-refractivity contribution is 9.11. The van der Waals surface area contributed by atoms with Crippen molar-refractivity contribution in [2.75, 3.05) is 5.32 Å². The standard InChI is InChI=1S/C14H13BrN4S/c1-19-9-17-18-14(19)11-4-2-3-5-12(11)16-7-10-6-13(15)20-8-10/h2-6,8-9,16H,7H2,1H3. The van der Waals surface area contributed by atoms with Crippen LogP contribution in [0, 0.1) is 0 Å². The maximum atomic E-state index is 4.17. The van der Waals surface area contributed by atoms with E-state index < -0.39 is 0 Å². The van der Waals surface area contributed by atoms with Gasteiger partial charge in [-0.05, 0) is 45.1 Å². The molecule has 0 aliphatic carbocycles. The van der Waals surface area contributed by atoms with Crippen molar-refractivity contribution in [3.05, 3.63) is 51.4 Å². The molecule has 3 rings (SSSR count). The van der Waals surface area contributed by atoms with Gasteiger partial charge in [-0.3, -0.25) is 0 Å². The van der Waals surface area contributed by atoms with E-state index in [0.29, 0.717) is 0 Å². The van der Waals surface area contributed by atoms with Crippen LogP contribution in [0.1, 0.15) is 5.56 Å². The van der Waals surface area contributed by atoms with Crippen LogP contribution in [0.2, 0.25) is 0 Å². The molecule has 0 atom stereocenters. The fourth-order valence-electron chi connectivity index (χ4n) is 2.00. The van der Waals surface area contributed by atoms with Crippen LogP contribution in [-0.4, -0.2) is 14.8 Å². The van der Waals surface area contributed by atoms with Crippen molar-refractivity contribution in [3.8, 4) is 11.4 Å². The Labute approximate surface area is 129 Å². The lowest BCUT2D eigenvalue weighted by molar-refractivity contribution is 0.919. The fraction of sp³-hybridized carbons (Fsp3) is 0.143. The molecule has 4 nitrogen and oxygen atoms in total. The molecular weight excluding hydrogens is 336 g/mol. The Balaban J connectivity index is 1.85.